The molecule has 0 aromatic heterocycles. The third-order valence-electron chi connectivity index (χ3n) is 2.30. The molecule has 1 N–H and O–H groups in total. The maximum absolute atomic E-state index is 11.7. The van der Waals surface area contributed by atoms with E-state index in [-0.39, 0.29) is 6.79 Å². The lowest BCUT2D eigenvalue weighted by Crippen LogP contribution is -2.27. The van der Waals surface area contributed by atoms with E-state index in [0.717, 1.165) is 0 Å². The van der Waals surface area contributed by atoms with Gasteiger partial charge in [-0.2, -0.15) is 0 Å². The molecule has 0 aliphatic rings. The molecular formula is C15H21NO5. The van der Waals surface area contributed by atoms with E-state index < -0.39 is 11.7 Å². The first kappa shape index (κ1) is 17.0. The highest BCUT2D eigenvalue weighted by Crippen LogP contribution is 2.21. The second kappa shape index (κ2) is 7.64. The molecule has 0 bridgehead atoms. The van der Waals surface area contributed by atoms with Crippen LogP contribution in [0.5, 0.6) is 5.75 Å². The fraction of sp³-hybridized carbons (Fsp3) is 0.467. The van der Waals surface area contributed by atoms with E-state index in [4.69, 9.17) is 14.2 Å². The molecule has 6 nitrogen and oxygen atoms in total. The zero-order valence-electron chi connectivity index (χ0n) is 12.8. The van der Waals surface area contributed by atoms with E-state index in [1.54, 1.807) is 32.9 Å². The normalized spacial score (nSPS) is 10.9. The molecule has 0 unspecified atom stereocenters. The highest BCUT2D eigenvalue weighted by molar-refractivity contribution is 5.93. The van der Waals surface area contributed by atoms with E-state index in [2.05, 4.69) is 5.32 Å². The molecule has 0 radical (unpaired) electrons. The molecule has 0 spiro atoms. The molecule has 0 aliphatic carbocycles. The van der Waals surface area contributed by atoms with Gasteiger partial charge in [0.2, 0.25) is 0 Å². The molecule has 116 valence electrons. The number of benzene rings is 1. The Kier molecular flexibility index (Phi) is 6.17. The minimum Gasteiger partial charge on any atom is -0.468 e. The van der Waals surface area contributed by atoms with Gasteiger partial charge in [-0.1, -0.05) is 0 Å². The van der Waals surface area contributed by atoms with Crippen LogP contribution in [0.15, 0.2) is 18.2 Å². The number of rotatable bonds is 6. The predicted molar refractivity (Wildman–Crippen MR) is 78.8 cm³/mol. The second-order valence-corrected chi connectivity index (χ2v) is 5.25. The van der Waals surface area contributed by atoms with Gasteiger partial charge in [0.25, 0.3) is 0 Å². The predicted octanol–water partition coefficient (Wildman–Crippen LogP) is 3.22. The largest absolute Gasteiger partial charge is 0.468 e. The number of ether oxygens (including phenoxy) is 3. The van der Waals surface area contributed by atoms with Crippen LogP contribution in [0.4, 0.5) is 10.5 Å². The van der Waals surface area contributed by atoms with Gasteiger partial charge in [-0.05, 0) is 45.9 Å². The Morgan fingerprint density at radius 3 is 2.62 bits per heavy atom. The zero-order valence-corrected chi connectivity index (χ0v) is 12.8. The van der Waals surface area contributed by atoms with Crippen LogP contribution in [0.1, 0.15) is 38.1 Å². The van der Waals surface area contributed by atoms with E-state index in [1.807, 2.05) is 6.92 Å². The molecule has 0 saturated carbocycles. The second-order valence-electron chi connectivity index (χ2n) is 5.25. The Morgan fingerprint density at radius 2 is 2.05 bits per heavy atom. The minimum absolute atomic E-state index is 0.105. The summed E-state index contributed by atoms with van der Waals surface area (Å²) in [5, 5.41) is 2.53. The van der Waals surface area contributed by atoms with Crippen LogP contribution in [-0.4, -0.2) is 31.4 Å². The molecule has 6 heteroatoms. The summed E-state index contributed by atoms with van der Waals surface area (Å²) < 4.78 is 15.5. The Morgan fingerprint density at radius 1 is 1.33 bits per heavy atom. The van der Waals surface area contributed by atoms with Crippen molar-refractivity contribution in [2.45, 2.75) is 33.3 Å². The van der Waals surface area contributed by atoms with Gasteiger partial charge < -0.3 is 14.2 Å². The quantitative estimate of drug-likeness (QED) is 0.495. The van der Waals surface area contributed by atoms with Gasteiger partial charge in [0.05, 0.1) is 5.69 Å². The Bertz CT molecular complexity index is 493. The highest BCUT2D eigenvalue weighted by Gasteiger charge is 2.17. The Balaban J connectivity index is 2.74. The summed E-state index contributed by atoms with van der Waals surface area (Å²) in [7, 11) is 0. The average molecular weight is 295 g/mol. The standard InChI is InChI=1S/C15H21NO5/c1-5-19-10-20-12-6-7-13(11(8-12)9-17)16-14(18)21-15(2,3)4/h6-9H,5,10H2,1-4H3,(H,16,18). The Hall–Kier alpha value is -2.08. The summed E-state index contributed by atoms with van der Waals surface area (Å²) in [5.74, 6) is 0.486. The number of hydrogen-bond acceptors (Lipinski definition) is 5. The van der Waals surface area contributed by atoms with Crippen LogP contribution in [0, 0.1) is 0 Å². The highest BCUT2D eigenvalue weighted by atomic mass is 16.7. The maximum Gasteiger partial charge on any atom is 0.412 e. The third-order valence-corrected chi connectivity index (χ3v) is 2.30. The first-order valence-corrected chi connectivity index (χ1v) is 6.65. The molecule has 0 atom stereocenters. The number of carbonyl (C=O) groups excluding carboxylic acids is 2. The Labute approximate surface area is 124 Å². The first-order valence-electron chi connectivity index (χ1n) is 6.65. The van der Waals surface area contributed by atoms with Crippen LogP contribution in [0.3, 0.4) is 0 Å². The van der Waals surface area contributed by atoms with Gasteiger partial charge in [0.15, 0.2) is 13.1 Å². The summed E-state index contributed by atoms with van der Waals surface area (Å²) in [6.45, 7) is 7.79. The molecule has 1 amide bonds. The van der Waals surface area contributed by atoms with E-state index in [9.17, 15) is 9.59 Å². The first-order chi connectivity index (χ1) is 9.85. The fourth-order valence-electron chi connectivity index (χ4n) is 1.45. The molecule has 0 aliphatic heterocycles. The molecule has 1 rings (SSSR count). The summed E-state index contributed by atoms with van der Waals surface area (Å²) in [5.41, 5.74) is 0.0595. The van der Waals surface area contributed by atoms with Crippen LogP contribution in [0.25, 0.3) is 0 Å². The van der Waals surface area contributed by atoms with Crippen molar-refractivity contribution in [3.8, 4) is 5.75 Å². The molecule has 0 heterocycles. The summed E-state index contributed by atoms with van der Waals surface area (Å²) in [4.78, 5) is 22.8. The summed E-state index contributed by atoms with van der Waals surface area (Å²) in [6, 6.07) is 4.74. The van der Waals surface area contributed by atoms with Gasteiger partial charge in [-0.3, -0.25) is 10.1 Å². The van der Waals surface area contributed by atoms with Gasteiger partial charge >= 0.3 is 6.09 Å². The summed E-state index contributed by atoms with van der Waals surface area (Å²) >= 11 is 0. The maximum atomic E-state index is 11.7. The van der Waals surface area contributed by atoms with Crippen LogP contribution < -0.4 is 10.1 Å². The number of nitrogens with one attached hydrogen (secondary N) is 1. The minimum atomic E-state index is -0.617. The van der Waals surface area contributed by atoms with Crippen molar-refractivity contribution >= 4 is 18.1 Å². The van der Waals surface area contributed by atoms with E-state index in [0.29, 0.717) is 29.9 Å². The number of hydrogen-bond donors (Lipinski definition) is 1. The van der Waals surface area contributed by atoms with Crippen molar-refractivity contribution in [1.82, 2.24) is 0 Å². The summed E-state index contributed by atoms with van der Waals surface area (Å²) in [6.07, 6.45) is 0.0221. The molecular weight excluding hydrogens is 274 g/mol. The molecule has 1 aromatic carbocycles. The van der Waals surface area contributed by atoms with Crippen molar-refractivity contribution in [3.63, 3.8) is 0 Å². The van der Waals surface area contributed by atoms with Gasteiger partial charge in [0.1, 0.15) is 11.4 Å². The van der Waals surface area contributed by atoms with Gasteiger partial charge in [-0.15, -0.1) is 0 Å². The lowest BCUT2D eigenvalue weighted by Gasteiger charge is -2.20. The number of aldehydes is 1. The zero-order chi connectivity index (χ0) is 15.9. The average Bonchev–Trinajstić information content (AvgIpc) is 2.38. The van der Waals surface area contributed by atoms with Crippen LogP contribution in [-0.2, 0) is 9.47 Å². The van der Waals surface area contributed by atoms with Crippen molar-refractivity contribution in [1.29, 1.82) is 0 Å². The van der Waals surface area contributed by atoms with Gasteiger partial charge in [-0.25, -0.2) is 4.79 Å². The monoisotopic (exact) mass is 295 g/mol. The SMILES string of the molecule is CCOCOc1ccc(NC(=O)OC(C)(C)C)c(C=O)c1. The van der Waals surface area contributed by atoms with Crippen molar-refractivity contribution in [2.75, 3.05) is 18.7 Å². The number of anilines is 1. The lowest BCUT2D eigenvalue weighted by atomic mass is 10.2. The fourth-order valence-corrected chi connectivity index (χ4v) is 1.45. The number of amides is 1. The van der Waals surface area contributed by atoms with Crippen LogP contribution >= 0.6 is 0 Å². The van der Waals surface area contributed by atoms with Crippen LogP contribution in [0.2, 0.25) is 0 Å². The van der Waals surface area contributed by atoms with Crippen molar-refractivity contribution in [2.24, 2.45) is 0 Å². The van der Waals surface area contributed by atoms with E-state index >= 15 is 0 Å². The molecule has 1 aromatic rings. The molecule has 0 saturated heterocycles. The van der Waals surface area contributed by atoms with Crippen molar-refractivity contribution < 1.29 is 23.8 Å². The number of carbonyl (C=O) groups is 2. The lowest BCUT2D eigenvalue weighted by molar-refractivity contribution is 0.0223. The third kappa shape index (κ3) is 6.27. The topological polar surface area (TPSA) is 73.9 Å². The van der Waals surface area contributed by atoms with E-state index in [1.165, 1.54) is 6.07 Å². The molecule has 21 heavy (non-hydrogen) atoms. The molecule has 0 fully saturated rings. The van der Waals surface area contributed by atoms with Gasteiger partial charge in [0, 0.05) is 12.2 Å². The van der Waals surface area contributed by atoms with Crippen molar-refractivity contribution in [3.05, 3.63) is 23.8 Å². The smallest absolute Gasteiger partial charge is 0.412 e.